The average molecular weight is 294 g/mol. The SMILES string of the molecule is O=C(c1cc(Br)c(Cl)s1)C1CCCC1. The molecule has 1 aromatic heterocycles. The summed E-state index contributed by atoms with van der Waals surface area (Å²) in [6.45, 7) is 0. The molecule has 4 heteroatoms. The standard InChI is InChI=1S/C10H10BrClOS/c11-7-5-8(14-10(7)12)9(13)6-3-1-2-4-6/h5-6H,1-4H2. The third kappa shape index (κ3) is 2.05. The minimum atomic E-state index is 0.247. The Morgan fingerprint density at radius 3 is 2.64 bits per heavy atom. The molecule has 1 nitrogen and oxygen atoms in total. The van der Waals surface area contributed by atoms with E-state index < -0.39 is 0 Å². The highest BCUT2D eigenvalue weighted by Gasteiger charge is 2.25. The van der Waals surface area contributed by atoms with Crippen LogP contribution in [0.2, 0.25) is 4.34 Å². The van der Waals surface area contributed by atoms with Gasteiger partial charge in [0.1, 0.15) is 4.34 Å². The predicted octanol–water partition coefficient (Wildman–Crippen LogP) is 4.54. The van der Waals surface area contributed by atoms with E-state index in [1.807, 2.05) is 6.07 Å². The fourth-order valence-corrected chi connectivity index (χ4v) is 3.58. The molecule has 0 aromatic carbocycles. The largest absolute Gasteiger partial charge is 0.293 e. The molecular weight excluding hydrogens is 284 g/mol. The predicted molar refractivity (Wildman–Crippen MR) is 63.3 cm³/mol. The van der Waals surface area contributed by atoms with Gasteiger partial charge in [0.2, 0.25) is 0 Å². The quantitative estimate of drug-likeness (QED) is 0.732. The minimum Gasteiger partial charge on any atom is -0.293 e. The van der Waals surface area contributed by atoms with Gasteiger partial charge < -0.3 is 0 Å². The molecule has 1 aliphatic rings. The number of ketones is 1. The number of carbonyl (C=O) groups excluding carboxylic acids is 1. The van der Waals surface area contributed by atoms with Crippen molar-refractivity contribution in [2.24, 2.45) is 5.92 Å². The van der Waals surface area contributed by atoms with E-state index in [1.54, 1.807) is 0 Å². The van der Waals surface area contributed by atoms with Crippen LogP contribution in [0.25, 0.3) is 0 Å². The molecule has 0 N–H and O–H groups in total. The summed E-state index contributed by atoms with van der Waals surface area (Å²) in [6.07, 6.45) is 4.48. The number of hydrogen-bond donors (Lipinski definition) is 0. The first-order valence-electron chi connectivity index (χ1n) is 4.67. The monoisotopic (exact) mass is 292 g/mol. The Hall–Kier alpha value is 0.140. The number of carbonyl (C=O) groups is 1. The smallest absolute Gasteiger partial charge is 0.175 e. The summed E-state index contributed by atoms with van der Waals surface area (Å²) in [5.74, 6) is 0.525. The first-order valence-corrected chi connectivity index (χ1v) is 6.66. The van der Waals surface area contributed by atoms with Crippen molar-refractivity contribution in [1.82, 2.24) is 0 Å². The van der Waals surface area contributed by atoms with Gasteiger partial charge in [-0.05, 0) is 34.8 Å². The molecule has 1 aromatic rings. The van der Waals surface area contributed by atoms with Crippen LogP contribution in [0.5, 0.6) is 0 Å². The molecule has 0 unspecified atom stereocenters. The fourth-order valence-electron chi connectivity index (χ4n) is 1.86. The summed E-state index contributed by atoms with van der Waals surface area (Å²) in [5.41, 5.74) is 0. The van der Waals surface area contributed by atoms with E-state index in [1.165, 1.54) is 24.2 Å². The van der Waals surface area contributed by atoms with Crippen molar-refractivity contribution in [1.29, 1.82) is 0 Å². The maximum atomic E-state index is 11.9. The zero-order chi connectivity index (χ0) is 10.1. The van der Waals surface area contributed by atoms with E-state index in [2.05, 4.69) is 15.9 Å². The molecule has 14 heavy (non-hydrogen) atoms. The maximum Gasteiger partial charge on any atom is 0.175 e. The molecule has 1 fully saturated rings. The maximum absolute atomic E-state index is 11.9. The highest BCUT2D eigenvalue weighted by Crippen LogP contribution is 2.36. The molecule has 76 valence electrons. The van der Waals surface area contributed by atoms with Crippen LogP contribution in [0.15, 0.2) is 10.5 Å². The zero-order valence-corrected chi connectivity index (χ0v) is 10.7. The van der Waals surface area contributed by atoms with Crippen LogP contribution in [-0.4, -0.2) is 5.78 Å². The molecule has 1 aliphatic carbocycles. The van der Waals surface area contributed by atoms with Crippen molar-refractivity contribution < 1.29 is 4.79 Å². The summed E-state index contributed by atoms with van der Waals surface area (Å²) in [7, 11) is 0. The second kappa shape index (κ2) is 4.33. The number of hydrogen-bond acceptors (Lipinski definition) is 2. The van der Waals surface area contributed by atoms with E-state index in [4.69, 9.17) is 11.6 Å². The van der Waals surface area contributed by atoms with Crippen molar-refractivity contribution in [3.63, 3.8) is 0 Å². The first-order chi connectivity index (χ1) is 6.68. The van der Waals surface area contributed by atoms with Gasteiger partial charge in [0.05, 0.1) is 4.88 Å². The van der Waals surface area contributed by atoms with Crippen LogP contribution in [0.1, 0.15) is 35.4 Å². The molecule has 2 rings (SSSR count). The van der Waals surface area contributed by atoms with E-state index >= 15 is 0 Å². The Bertz CT molecular complexity index is 336. The van der Waals surface area contributed by atoms with E-state index in [9.17, 15) is 4.79 Å². The summed E-state index contributed by atoms with van der Waals surface area (Å²) in [5, 5.41) is 0. The third-order valence-corrected chi connectivity index (χ3v) is 5.10. The topological polar surface area (TPSA) is 17.1 Å². The van der Waals surface area contributed by atoms with Crippen molar-refractivity contribution >= 4 is 44.7 Å². The lowest BCUT2D eigenvalue weighted by Crippen LogP contribution is -2.08. The van der Waals surface area contributed by atoms with Crippen LogP contribution in [0, 0.1) is 5.92 Å². The van der Waals surface area contributed by atoms with E-state index in [-0.39, 0.29) is 11.7 Å². The highest BCUT2D eigenvalue weighted by atomic mass is 79.9. The van der Waals surface area contributed by atoms with Crippen LogP contribution in [-0.2, 0) is 0 Å². The molecule has 0 saturated heterocycles. The lowest BCUT2D eigenvalue weighted by Gasteiger charge is -2.04. The molecule has 1 saturated carbocycles. The first kappa shape index (κ1) is 10.7. The number of rotatable bonds is 2. The second-order valence-electron chi connectivity index (χ2n) is 3.58. The zero-order valence-electron chi connectivity index (χ0n) is 7.56. The Morgan fingerprint density at radius 2 is 2.14 bits per heavy atom. The lowest BCUT2D eigenvalue weighted by atomic mass is 10.0. The number of Topliss-reactive ketones (excluding diaryl/α,β-unsaturated/α-hetero) is 1. The van der Waals surface area contributed by atoms with E-state index in [0.29, 0.717) is 4.34 Å². The molecule has 0 atom stereocenters. The second-order valence-corrected chi connectivity index (χ2v) is 6.09. The minimum absolute atomic E-state index is 0.247. The van der Waals surface area contributed by atoms with Crippen LogP contribution in [0.3, 0.4) is 0 Å². The summed E-state index contributed by atoms with van der Waals surface area (Å²) in [6, 6.07) is 1.84. The molecule has 0 bridgehead atoms. The molecule has 0 spiro atoms. The van der Waals surface area contributed by atoms with Gasteiger partial charge in [-0.2, -0.15) is 0 Å². The normalized spacial score (nSPS) is 17.6. The van der Waals surface area contributed by atoms with Gasteiger partial charge in [-0.3, -0.25) is 4.79 Å². The Balaban J connectivity index is 2.18. The van der Waals surface area contributed by atoms with Gasteiger partial charge in [-0.25, -0.2) is 0 Å². The van der Waals surface area contributed by atoms with Crippen molar-refractivity contribution in [3.05, 3.63) is 19.8 Å². The van der Waals surface area contributed by atoms with Crippen LogP contribution < -0.4 is 0 Å². The third-order valence-electron chi connectivity index (χ3n) is 2.61. The van der Waals surface area contributed by atoms with Gasteiger partial charge in [0.25, 0.3) is 0 Å². The lowest BCUT2D eigenvalue weighted by molar-refractivity contribution is 0.0927. The average Bonchev–Trinajstić information content (AvgIpc) is 2.76. The van der Waals surface area contributed by atoms with Crippen molar-refractivity contribution in [3.8, 4) is 0 Å². The molecule has 1 heterocycles. The highest BCUT2D eigenvalue weighted by molar-refractivity contribution is 9.10. The van der Waals surface area contributed by atoms with Crippen molar-refractivity contribution in [2.45, 2.75) is 25.7 Å². The molecular formula is C10H10BrClOS. The summed E-state index contributed by atoms with van der Waals surface area (Å²) in [4.78, 5) is 12.7. The van der Waals surface area contributed by atoms with Gasteiger partial charge in [0.15, 0.2) is 5.78 Å². The summed E-state index contributed by atoms with van der Waals surface area (Å²) >= 11 is 10.6. The number of halogens is 2. The Morgan fingerprint density at radius 1 is 1.50 bits per heavy atom. The van der Waals surface area contributed by atoms with Crippen LogP contribution >= 0.6 is 38.9 Å². The van der Waals surface area contributed by atoms with Gasteiger partial charge in [-0.15, -0.1) is 11.3 Å². The number of thiophene rings is 1. The molecule has 0 amide bonds. The Kier molecular flexibility index (Phi) is 3.30. The molecule has 0 aliphatic heterocycles. The van der Waals surface area contributed by atoms with Crippen LogP contribution in [0.4, 0.5) is 0 Å². The Labute approximate surface area is 101 Å². The molecule has 0 radical (unpaired) electrons. The fraction of sp³-hybridized carbons (Fsp3) is 0.500. The van der Waals surface area contributed by atoms with E-state index in [0.717, 1.165) is 22.2 Å². The van der Waals surface area contributed by atoms with Gasteiger partial charge >= 0.3 is 0 Å². The van der Waals surface area contributed by atoms with Gasteiger partial charge in [0, 0.05) is 10.4 Å². The summed E-state index contributed by atoms with van der Waals surface area (Å²) < 4.78 is 1.51. The van der Waals surface area contributed by atoms with Crippen molar-refractivity contribution in [2.75, 3.05) is 0 Å². The van der Waals surface area contributed by atoms with Gasteiger partial charge in [-0.1, -0.05) is 24.4 Å².